The van der Waals surface area contributed by atoms with Crippen LogP contribution in [0.4, 0.5) is 0 Å². The molecule has 1 heterocycles. The van der Waals surface area contributed by atoms with Crippen LogP contribution in [0.25, 0.3) is 0 Å². The van der Waals surface area contributed by atoms with Crippen LogP contribution in [-0.2, 0) is 6.54 Å². The van der Waals surface area contributed by atoms with Crippen LogP contribution >= 0.6 is 11.6 Å². The molecular formula is C9H13ClN2O2. The Kier molecular flexibility index (Phi) is 4.46. The van der Waals surface area contributed by atoms with Crippen molar-refractivity contribution in [3.8, 4) is 5.88 Å². The van der Waals surface area contributed by atoms with E-state index in [0.717, 1.165) is 12.8 Å². The number of rotatable bonds is 5. The molecule has 0 saturated heterocycles. The Balaban J connectivity index is 2.69. The van der Waals surface area contributed by atoms with Crippen LogP contribution in [0.3, 0.4) is 0 Å². The molecule has 0 aromatic carbocycles. The van der Waals surface area contributed by atoms with Crippen LogP contribution in [0, 0.1) is 0 Å². The lowest BCUT2D eigenvalue weighted by Crippen LogP contribution is -2.22. The van der Waals surface area contributed by atoms with Crippen molar-refractivity contribution in [2.75, 3.05) is 13.0 Å². The molecule has 0 amide bonds. The SMILES string of the molecule is COc1ccc(=O)n(CCCCCl)n1. The van der Waals surface area contributed by atoms with Crippen molar-refractivity contribution in [3.05, 3.63) is 22.5 Å². The molecule has 1 rings (SSSR count). The molecule has 0 aliphatic heterocycles. The third-order valence-electron chi connectivity index (χ3n) is 1.80. The van der Waals surface area contributed by atoms with Gasteiger partial charge in [-0.15, -0.1) is 16.7 Å². The highest BCUT2D eigenvalue weighted by atomic mass is 35.5. The number of hydrogen-bond acceptors (Lipinski definition) is 3. The summed E-state index contributed by atoms with van der Waals surface area (Å²) >= 11 is 5.53. The van der Waals surface area contributed by atoms with E-state index in [1.54, 1.807) is 6.07 Å². The standard InChI is InChI=1S/C9H13ClN2O2/c1-14-8-4-5-9(13)12(11-8)7-3-2-6-10/h4-5H,2-3,6-7H2,1H3. The fourth-order valence-electron chi connectivity index (χ4n) is 1.06. The molecule has 0 radical (unpaired) electrons. The summed E-state index contributed by atoms with van der Waals surface area (Å²) in [5, 5.41) is 4.00. The summed E-state index contributed by atoms with van der Waals surface area (Å²) in [4.78, 5) is 11.3. The molecule has 14 heavy (non-hydrogen) atoms. The predicted molar refractivity (Wildman–Crippen MR) is 55.0 cm³/mol. The highest BCUT2D eigenvalue weighted by molar-refractivity contribution is 6.17. The topological polar surface area (TPSA) is 44.1 Å². The van der Waals surface area contributed by atoms with E-state index in [4.69, 9.17) is 16.3 Å². The van der Waals surface area contributed by atoms with E-state index in [1.165, 1.54) is 17.9 Å². The van der Waals surface area contributed by atoms with Gasteiger partial charge in [-0.2, -0.15) is 0 Å². The molecular weight excluding hydrogens is 204 g/mol. The lowest BCUT2D eigenvalue weighted by atomic mass is 10.3. The summed E-state index contributed by atoms with van der Waals surface area (Å²) < 4.78 is 6.31. The molecule has 0 N–H and O–H groups in total. The van der Waals surface area contributed by atoms with Crippen LogP contribution in [0.15, 0.2) is 16.9 Å². The third kappa shape index (κ3) is 3.03. The molecule has 5 heteroatoms. The van der Waals surface area contributed by atoms with Gasteiger partial charge in [0, 0.05) is 24.6 Å². The number of unbranched alkanes of at least 4 members (excludes halogenated alkanes) is 1. The highest BCUT2D eigenvalue weighted by Crippen LogP contribution is 2.00. The first-order valence-corrected chi connectivity index (χ1v) is 4.99. The summed E-state index contributed by atoms with van der Waals surface area (Å²) in [7, 11) is 1.52. The van der Waals surface area contributed by atoms with Crippen molar-refractivity contribution in [2.45, 2.75) is 19.4 Å². The van der Waals surface area contributed by atoms with E-state index in [1.807, 2.05) is 0 Å². The second kappa shape index (κ2) is 5.65. The predicted octanol–water partition coefficient (Wildman–Crippen LogP) is 1.27. The van der Waals surface area contributed by atoms with Gasteiger partial charge in [-0.1, -0.05) is 0 Å². The summed E-state index contributed by atoms with van der Waals surface area (Å²) in [5.41, 5.74) is -0.111. The highest BCUT2D eigenvalue weighted by Gasteiger charge is 1.99. The Morgan fingerprint density at radius 2 is 2.29 bits per heavy atom. The number of nitrogens with zero attached hydrogens (tertiary/aromatic N) is 2. The first kappa shape index (κ1) is 11.0. The summed E-state index contributed by atoms with van der Waals surface area (Å²) in [6, 6.07) is 3.01. The van der Waals surface area contributed by atoms with Gasteiger partial charge in [0.2, 0.25) is 5.88 Å². The van der Waals surface area contributed by atoms with Crippen molar-refractivity contribution < 1.29 is 4.74 Å². The molecule has 1 aromatic heterocycles. The second-order valence-corrected chi connectivity index (χ2v) is 3.21. The van der Waals surface area contributed by atoms with E-state index >= 15 is 0 Å². The van der Waals surface area contributed by atoms with Crippen molar-refractivity contribution >= 4 is 11.6 Å². The number of methoxy groups -OCH3 is 1. The normalized spacial score (nSPS) is 10.1. The maximum atomic E-state index is 11.3. The fourth-order valence-corrected chi connectivity index (χ4v) is 1.24. The van der Waals surface area contributed by atoms with Gasteiger partial charge in [0.05, 0.1) is 7.11 Å². The van der Waals surface area contributed by atoms with Gasteiger partial charge < -0.3 is 4.74 Å². The maximum Gasteiger partial charge on any atom is 0.266 e. The molecule has 4 nitrogen and oxygen atoms in total. The molecule has 78 valence electrons. The Hall–Kier alpha value is -1.03. The van der Waals surface area contributed by atoms with Crippen molar-refractivity contribution in [3.63, 3.8) is 0 Å². The molecule has 1 aromatic rings. The molecule has 0 saturated carbocycles. The first-order valence-electron chi connectivity index (χ1n) is 4.46. The molecule has 0 fully saturated rings. The fraction of sp³-hybridized carbons (Fsp3) is 0.556. The van der Waals surface area contributed by atoms with Gasteiger partial charge in [-0.25, -0.2) is 4.68 Å². The lowest BCUT2D eigenvalue weighted by Gasteiger charge is -2.04. The molecule has 0 unspecified atom stereocenters. The summed E-state index contributed by atoms with van der Waals surface area (Å²) in [6.45, 7) is 0.586. The number of halogens is 1. The van der Waals surface area contributed by atoms with Gasteiger partial charge in [0.25, 0.3) is 5.56 Å². The van der Waals surface area contributed by atoms with Crippen molar-refractivity contribution in [1.29, 1.82) is 0 Å². The number of ether oxygens (including phenoxy) is 1. The molecule has 0 spiro atoms. The lowest BCUT2D eigenvalue weighted by molar-refractivity contribution is 0.373. The Morgan fingerprint density at radius 3 is 2.93 bits per heavy atom. The second-order valence-electron chi connectivity index (χ2n) is 2.83. The number of alkyl halides is 1. The van der Waals surface area contributed by atoms with Crippen molar-refractivity contribution in [1.82, 2.24) is 9.78 Å². The molecule has 0 aliphatic rings. The number of aromatic nitrogens is 2. The van der Waals surface area contributed by atoms with E-state index < -0.39 is 0 Å². The Bertz CT molecular complexity index is 338. The van der Waals surface area contributed by atoms with Crippen LogP contribution in [0.2, 0.25) is 0 Å². The zero-order chi connectivity index (χ0) is 10.4. The van der Waals surface area contributed by atoms with Crippen molar-refractivity contribution in [2.24, 2.45) is 0 Å². The van der Waals surface area contributed by atoms with E-state index in [0.29, 0.717) is 18.3 Å². The average Bonchev–Trinajstić information content (AvgIpc) is 2.21. The smallest absolute Gasteiger partial charge is 0.266 e. The average molecular weight is 217 g/mol. The van der Waals surface area contributed by atoms with Gasteiger partial charge in [-0.3, -0.25) is 4.79 Å². The maximum absolute atomic E-state index is 11.3. The Morgan fingerprint density at radius 1 is 1.50 bits per heavy atom. The van der Waals surface area contributed by atoms with Crippen LogP contribution < -0.4 is 10.3 Å². The van der Waals surface area contributed by atoms with Crippen LogP contribution in [0.1, 0.15) is 12.8 Å². The zero-order valence-corrected chi connectivity index (χ0v) is 8.83. The van der Waals surface area contributed by atoms with Gasteiger partial charge in [-0.05, 0) is 12.8 Å². The molecule has 0 bridgehead atoms. The van der Waals surface area contributed by atoms with Crippen LogP contribution in [0.5, 0.6) is 5.88 Å². The summed E-state index contributed by atoms with van der Waals surface area (Å²) in [6.07, 6.45) is 1.73. The summed E-state index contributed by atoms with van der Waals surface area (Å²) in [5.74, 6) is 1.06. The van der Waals surface area contributed by atoms with E-state index in [-0.39, 0.29) is 5.56 Å². The third-order valence-corrected chi connectivity index (χ3v) is 2.07. The zero-order valence-electron chi connectivity index (χ0n) is 8.07. The minimum Gasteiger partial charge on any atom is -0.480 e. The largest absolute Gasteiger partial charge is 0.480 e. The van der Waals surface area contributed by atoms with Gasteiger partial charge in [0.1, 0.15) is 0 Å². The Labute approximate surface area is 87.5 Å². The molecule has 0 aliphatic carbocycles. The molecule has 0 atom stereocenters. The van der Waals surface area contributed by atoms with Gasteiger partial charge >= 0.3 is 0 Å². The van der Waals surface area contributed by atoms with Crippen LogP contribution in [-0.4, -0.2) is 22.8 Å². The monoisotopic (exact) mass is 216 g/mol. The van der Waals surface area contributed by atoms with Gasteiger partial charge in [0.15, 0.2) is 0 Å². The number of aryl methyl sites for hydroxylation is 1. The minimum absolute atomic E-state index is 0.111. The number of hydrogen-bond donors (Lipinski definition) is 0. The minimum atomic E-state index is -0.111. The van der Waals surface area contributed by atoms with E-state index in [2.05, 4.69) is 5.10 Å². The first-order chi connectivity index (χ1) is 6.77. The quantitative estimate of drug-likeness (QED) is 0.550. The van der Waals surface area contributed by atoms with E-state index in [9.17, 15) is 4.79 Å².